The minimum Gasteiger partial charge on any atom is -0.343 e. The van der Waals surface area contributed by atoms with Gasteiger partial charge in [0.15, 0.2) is 0 Å². The molecule has 0 unspecified atom stereocenters. The molecule has 0 aliphatic heterocycles. The van der Waals surface area contributed by atoms with E-state index >= 15 is 0 Å². The molecule has 1 aromatic heterocycles. The standard InChI is InChI=1S/C17H11FN2O/c18-17-14(9-19)2-1-3-15(17)10-20-7-6-13-5-4-12(11-21)8-16(13)20/h1-8,11H,10H2. The molecule has 21 heavy (non-hydrogen) atoms. The van der Waals surface area contributed by atoms with Crippen molar-refractivity contribution < 1.29 is 9.18 Å². The fourth-order valence-electron chi connectivity index (χ4n) is 2.38. The second kappa shape index (κ2) is 5.22. The molecule has 3 rings (SSSR count). The van der Waals surface area contributed by atoms with Gasteiger partial charge in [-0.1, -0.05) is 24.3 Å². The summed E-state index contributed by atoms with van der Waals surface area (Å²) in [5.41, 5.74) is 1.93. The van der Waals surface area contributed by atoms with Crippen LogP contribution in [0.2, 0.25) is 0 Å². The largest absolute Gasteiger partial charge is 0.343 e. The topological polar surface area (TPSA) is 45.8 Å². The lowest BCUT2D eigenvalue weighted by Crippen LogP contribution is -2.02. The van der Waals surface area contributed by atoms with Crippen molar-refractivity contribution in [2.75, 3.05) is 0 Å². The highest BCUT2D eigenvalue weighted by atomic mass is 19.1. The Hall–Kier alpha value is -2.93. The van der Waals surface area contributed by atoms with E-state index in [-0.39, 0.29) is 5.56 Å². The third kappa shape index (κ3) is 2.30. The summed E-state index contributed by atoms with van der Waals surface area (Å²) in [5.74, 6) is -0.492. The van der Waals surface area contributed by atoms with E-state index in [1.54, 1.807) is 24.3 Å². The molecule has 0 N–H and O–H groups in total. The molecule has 0 aliphatic carbocycles. The van der Waals surface area contributed by atoms with Crippen LogP contribution in [0.4, 0.5) is 4.39 Å². The number of hydrogen-bond acceptors (Lipinski definition) is 2. The molecule has 0 amide bonds. The Kier molecular flexibility index (Phi) is 3.25. The monoisotopic (exact) mass is 278 g/mol. The van der Waals surface area contributed by atoms with Gasteiger partial charge in [0, 0.05) is 22.8 Å². The highest BCUT2D eigenvalue weighted by Gasteiger charge is 2.09. The van der Waals surface area contributed by atoms with Crippen molar-refractivity contribution in [3.8, 4) is 6.07 Å². The van der Waals surface area contributed by atoms with Crippen LogP contribution < -0.4 is 0 Å². The number of rotatable bonds is 3. The van der Waals surface area contributed by atoms with Gasteiger partial charge in [-0.2, -0.15) is 5.26 Å². The van der Waals surface area contributed by atoms with Crippen molar-refractivity contribution in [3.63, 3.8) is 0 Å². The van der Waals surface area contributed by atoms with Crippen molar-refractivity contribution in [2.45, 2.75) is 6.54 Å². The first-order chi connectivity index (χ1) is 10.2. The second-order valence-electron chi connectivity index (χ2n) is 4.77. The molecule has 0 spiro atoms. The fourth-order valence-corrected chi connectivity index (χ4v) is 2.38. The summed E-state index contributed by atoms with van der Waals surface area (Å²) in [4.78, 5) is 10.9. The quantitative estimate of drug-likeness (QED) is 0.688. The molecule has 0 atom stereocenters. The zero-order chi connectivity index (χ0) is 14.8. The normalized spacial score (nSPS) is 10.5. The average Bonchev–Trinajstić information content (AvgIpc) is 2.91. The molecule has 3 aromatic rings. The first-order valence-corrected chi connectivity index (χ1v) is 6.44. The van der Waals surface area contributed by atoms with Crippen molar-refractivity contribution in [1.29, 1.82) is 5.26 Å². The zero-order valence-electron chi connectivity index (χ0n) is 11.1. The molecule has 0 saturated heterocycles. The van der Waals surface area contributed by atoms with Gasteiger partial charge >= 0.3 is 0 Å². The van der Waals surface area contributed by atoms with Gasteiger partial charge in [0.05, 0.1) is 12.1 Å². The van der Waals surface area contributed by atoms with E-state index < -0.39 is 5.82 Å². The number of fused-ring (bicyclic) bond motifs is 1. The Morgan fingerprint density at radius 1 is 1.24 bits per heavy atom. The number of nitrogens with zero attached hydrogens (tertiary/aromatic N) is 2. The van der Waals surface area contributed by atoms with E-state index in [4.69, 9.17) is 5.26 Å². The van der Waals surface area contributed by atoms with E-state index in [2.05, 4.69) is 0 Å². The van der Waals surface area contributed by atoms with Gasteiger partial charge in [-0.25, -0.2) is 4.39 Å². The number of halogens is 1. The summed E-state index contributed by atoms with van der Waals surface area (Å²) in [7, 11) is 0. The summed E-state index contributed by atoms with van der Waals surface area (Å²) < 4.78 is 16.0. The van der Waals surface area contributed by atoms with Gasteiger partial charge in [0.1, 0.15) is 18.2 Å². The minimum atomic E-state index is -0.492. The SMILES string of the molecule is N#Cc1cccc(Cn2ccc3ccc(C=O)cc32)c1F. The first kappa shape index (κ1) is 13.1. The predicted molar refractivity (Wildman–Crippen MR) is 77.5 cm³/mol. The molecule has 1 heterocycles. The van der Waals surface area contributed by atoms with Crippen molar-refractivity contribution >= 4 is 17.2 Å². The molecule has 0 saturated carbocycles. The highest BCUT2D eigenvalue weighted by molar-refractivity contribution is 5.87. The van der Waals surface area contributed by atoms with Crippen LogP contribution in [0.3, 0.4) is 0 Å². The fraction of sp³-hybridized carbons (Fsp3) is 0.0588. The van der Waals surface area contributed by atoms with Gasteiger partial charge in [0.25, 0.3) is 0 Å². The van der Waals surface area contributed by atoms with Crippen molar-refractivity contribution in [3.05, 3.63) is 71.2 Å². The van der Waals surface area contributed by atoms with Crippen LogP contribution in [0.15, 0.2) is 48.7 Å². The number of aldehydes is 1. The van der Waals surface area contributed by atoms with Crippen LogP contribution in [-0.4, -0.2) is 10.9 Å². The molecule has 0 aliphatic rings. The third-order valence-electron chi connectivity index (χ3n) is 3.47. The van der Waals surface area contributed by atoms with Crippen LogP contribution in [0.5, 0.6) is 0 Å². The van der Waals surface area contributed by atoms with Gasteiger partial charge in [0.2, 0.25) is 0 Å². The number of carbonyl (C=O) groups excluding carboxylic acids is 1. The summed E-state index contributed by atoms with van der Waals surface area (Å²) in [6, 6.07) is 13.9. The Bertz CT molecular complexity index is 874. The lowest BCUT2D eigenvalue weighted by atomic mass is 10.1. The summed E-state index contributed by atoms with van der Waals surface area (Å²) in [6.07, 6.45) is 2.63. The summed E-state index contributed by atoms with van der Waals surface area (Å²) >= 11 is 0. The highest BCUT2D eigenvalue weighted by Crippen LogP contribution is 2.20. The van der Waals surface area contributed by atoms with Crippen molar-refractivity contribution in [1.82, 2.24) is 4.57 Å². The molecule has 0 fully saturated rings. The Balaban J connectivity index is 2.06. The third-order valence-corrected chi connectivity index (χ3v) is 3.47. The van der Waals surface area contributed by atoms with E-state index in [1.165, 1.54) is 6.07 Å². The van der Waals surface area contributed by atoms with Crippen LogP contribution >= 0.6 is 0 Å². The van der Waals surface area contributed by atoms with E-state index in [9.17, 15) is 9.18 Å². The number of nitriles is 1. The second-order valence-corrected chi connectivity index (χ2v) is 4.77. The number of benzene rings is 2. The van der Waals surface area contributed by atoms with Crippen LogP contribution in [0.1, 0.15) is 21.5 Å². The molecular weight excluding hydrogens is 267 g/mol. The first-order valence-electron chi connectivity index (χ1n) is 6.44. The van der Waals surface area contributed by atoms with E-state index in [1.807, 2.05) is 29.0 Å². The molecular formula is C17H11FN2O. The smallest absolute Gasteiger partial charge is 0.150 e. The van der Waals surface area contributed by atoms with Crippen LogP contribution in [0.25, 0.3) is 10.9 Å². The average molecular weight is 278 g/mol. The van der Waals surface area contributed by atoms with Crippen LogP contribution in [-0.2, 0) is 6.54 Å². The van der Waals surface area contributed by atoms with E-state index in [0.717, 1.165) is 17.2 Å². The molecule has 0 bridgehead atoms. The Morgan fingerprint density at radius 2 is 2.10 bits per heavy atom. The summed E-state index contributed by atoms with van der Waals surface area (Å²) in [5, 5.41) is 9.86. The van der Waals surface area contributed by atoms with Gasteiger partial charge in [-0.15, -0.1) is 0 Å². The zero-order valence-corrected chi connectivity index (χ0v) is 11.1. The lowest BCUT2D eigenvalue weighted by Gasteiger charge is -2.08. The maximum atomic E-state index is 14.1. The molecule has 4 heteroatoms. The van der Waals surface area contributed by atoms with Gasteiger partial charge < -0.3 is 4.57 Å². The predicted octanol–water partition coefficient (Wildman–Crippen LogP) is 3.51. The lowest BCUT2D eigenvalue weighted by molar-refractivity contribution is 0.112. The molecule has 102 valence electrons. The Morgan fingerprint density at radius 3 is 2.86 bits per heavy atom. The van der Waals surface area contributed by atoms with E-state index in [0.29, 0.717) is 17.7 Å². The van der Waals surface area contributed by atoms with Crippen LogP contribution in [0, 0.1) is 17.1 Å². The molecule has 0 radical (unpaired) electrons. The summed E-state index contributed by atoms with van der Waals surface area (Å²) in [6.45, 7) is 0.313. The van der Waals surface area contributed by atoms with Crippen molar-refractivity contribution in [2.24, 2.45) is 0 Å². The number of hydrogen-bond donors (Lipinski definition) is 0. The maximum Gasteiger partial charge on any atom is 0.150 e. The Labute approximate surface area is 120 Å². The van der Waals surface area contributed by atoms with Gasteiger partial charge in [-0.05, 0) is 23.6 Å². The number of carbonyl (C=O) groups is 1. The molecule has 2 aromatic carbocycles. The minimum absolute atomic E-state index is 0.0394. The number of aromatic nitrogens is 1. The van der Waals surface area contributed by atoms with Gasteiger partial charge in [-0.3, -0.25) is 4.79 Å². The molecule has 3 nitrogen and oxygen atoms in total. The maximum absolute atomic E-state index is 14.1.